The van der Waals surface area contributed by atoms with Crippen LogP contribution in [0.3, 0.4) is 0 Å². The minimum Gasteiger partial charge on any atom is -0.0837 e. The molecule has 1 rings (SSSR count). The lowest BCUT2D eigenvalue weighted by Crippen LogP contribution is -1.94. The average molecular weight is 196 g/mol. The van der Waals surface area contributed by atoms with Crippen LogP contribution >= 0.6 is 11.6 Å². The SMILES string of the molecule is CCCc1cccc([C](C)C)c1Cl. The Balaban J connectivity index is 3.03. The van der Waals surface area contributed by atoms with Crippen molar-refractivity contribution in [3.8, 4) is 0 Å². The molecular weight excluding hydrogens is 180 g/mol. The summed E-state index contributed by atoms with van der Waals surface area (Å²) in [6, 6.07) is 6.27. The maximum Gasteiger partial charge on any atom is 0.0475 e. The van der Waals surface area contributed by atoms with Crippen molar-refractivity contribution in [1.82, 2.24) is 0 Å². The molecule has 0 heterocycles. The van der Waals surface area contributed by atoms with Crippen molar-refractivity contribution in [2.45, 2.75) is 33.6 Å². The molecule has 0 N–H and O–H groups in total. The van der Waals surface area contributed by atoms with E-state index in [1.807, 2.05) is 0 Å². The van der Waals surface area contributed by atoms with Crippen LogP contribution < -0.4 is 0 Å². The van der Waals surface area contributed by atoms with E-state index in [0.717, 1.165) is 17.9 Å². The van der Waals surface area contributed by atoms with E-state index in [0.29, 0.717) is 0 Å². The first kappa shape index (κ1) is 10.6. The Hall–Kier alpha value is -0.490. The lowest BCUT2D eigenvalue weighted by molar-refractivity contribution is 0.918. The van der Waals surface area contributed by atoms with Crippen molar-refractivity contribution in [1.29, 1.82) is 0 Å². The summed E-state index contributed by atoms with van der Waals surface area (Å²) in [4.78, 5) is 0. The molecule has 1 heteroatoms. The second kappa shape index (κ2) is 4.66. The lowest BCUT2D eigenvalue weighted by Gasteiger charge is -2.10. The smallest absolute Gasteiger partial charge is 0.0475 e. The fourth-order valence-corrected chi connectivity index (χ4v) is 1.84. The van der Waals surface area contributed by atoms with Gasteiger partial charge in [0.15, 0.2) is 0 Å². The third kappa shape index (κ3) is 2.47. The molecule has 0 bridgehead atoms. The van der Waals surface area contributed by atoms with Crippen LogP contribution in [-0.4, -0.2) is 0 Å². The predicted octanol–water partition coefficient (Wildman–Crippen LogP) is 4.25. The summed E-state index contributed by atoms with van der Waals surface area (Å²) in [5.41, 5.74) is 2.45. The molecular formula is C12H16Cl. The predicted molar refractivity (Wildman–Crippen MR) is 59.1 cm³/mol. The molecule has 71 valence electrons. The van der Waals surface area contributed by atoms with E-state index < -0.39 is 0 Å². The first-order valence-electron chi connectivity index (χ1n) is 4.74. The minimum absolute atomic E-state index is 0.935. The Kier molecular flexibility index (Phi) is 3.80. The molecule has 1 aromatic rings. The number of benzene rings is 1. The number of halogens is 1. The van der Waals surface area contributed by atoms with Gasteiger partial charge in [-0.2, -0.15) is 0 Å². The summed E-state index contributed by atoms with van der Waals surface area (Å²) in [5, 5.41) is 0.935. The van der Waals surface area contributed by atoms with E-state index >= 15 is 0 Å². The zero-order chi connectivity index (χ0) is 9.84. The summed E-state index contributed by atoms with van der Waals surface area (Å²) < 4.78 is 0. The first-order chi connectivity index (χ1) is 6.16. The fourth-order valence-electron chi connectivity index (χ4n) is 1.43. The van der Waals surface area contributed by atoms with Crippen LogP contribution in [0.2, 0.25) is 5.02 Å². The third-order valence-electron chi connectivity index (χ3n) is 2.14. The van der Waals surface area contributed by atoms with Crippen LogP contribution in [0.15, 0.2) is 18.2 Å². The van der Waals surface area contributed by atoms with Crippen LogP contribution in [0.1, 0.15) is 38.3 Å². The highest BCUT2D eigenvalue weighted by atomic mass is 35.5. The molecule has 0 atom stereocenters. The van der Waals surface area contributed by atoms with E-state index in [2.05, 4.69) is 39.0 Å². The molecule has 0 amide bonds. The monoisotopic (exact) mass is 195 g/mol. The largest absolute Gasteiger partial charge is 0.0837 e. The zero-order valence-corrected chi connectivity index (χ0v) is 9.28. The number of hydrogen-bond donors (Lipinski definition) is 0. The molecule has 0 unspecified atom stereocenters. The van der Waals surface area contributed by atoms with Gasteiger partial charge in [-0.05, 0) is 17.5 Å². The van der Waals surface area contributed by atoms with Crippen molar-refractivity contribution in [2.24, 2.45) is 0 Å². The summed E-state index contributed by atoms with van der Waals surface area (Å²) in [6.45, 7) is 6.36. The highest BCUT2D eigenvalue weighted by Gasteiger charge is 2.08. The molecule has 1 aromatic carbocycles. The molecule has 0 saturated heterocycles. The lowest BCUT2D eigenvalue weighted by atomic mass is 9.99. The zero-order valence-electron chi connectivity index (χ0n) is 8.52. The van der Waals surface area contributed by atoms with E-state index in [4.69, 9.17) is 11.6 Å². The highest BCUT2D eigenvalue weighted by molar-refractivity contribution is 6.32. The van der Waals surface area contributed by atoms with Gasteiger partial charge in [0.2, 0.25) is 0 Å². The Bertz CT molecular complexity index is 276. The Morgan fingerprint density at radius 3 is 2.54 bits per heavy atom. The molecule has 1 radical (unpaired) electrons. The fraction of sp³-hybridized carbons (Fsp3) is 0.417. The van der Waals surface area contributed by atoms with E-state index in [9.17, 15) is 0 Å². The number of rotatable bonds is 3. The topological polar surface area (TPSA) is 0 Å². The number of hydrogen-bond acceptors (Lipinski definition) is 0. The minimum atomic E-state index is 0.935. The van der Waals surface area contributed by atoms with Crippen LogP contribution in [0.5, 0.6) is 0 Å². The van der Waals surface area contributed by atoms with Gasteiger partial charge >= 0.3 is 0 Å². The third-order valence-corrected chi connectivity index (χ3v) is 2.58. The molecule has 0 fully saturated rings. The van der Waals surface area contributed by atoms with Crippen LogP contribution in [-0.2, 0) is 6.42 Å². The highest BCUT2D eigenvalue weighted by Crippen LogP contribution is 2.27. The molecule has 13 heavy (non-hydrogen) atoms. The van der Waals surface area contributed by atoms with Gasteiger partial charge in [0.1, 0.15) is 0 Å². The Morgan fingerprint density at radius 2 is 2.00 bits per heavy atom. The summed E-state index contributed by atoms with van der Waals surface area (Å²) in [5.74, 6) is 1.28. The maximum atomic E-state index is 6.26. The van der Waals surface area contributed by atoms with Gasteiger partial charge in [-0.1, -0.05) is 57.0 Å². The summed E-state index contributed by atoms with van der Waals surface area (Å²) >= 11 is 6.26. The van der Waals surface area contributed by atoms with Crippen molar-refractivity contribution in [2.75, 3.05) is 0 Å². The molecule has 0 aliphatic rings. The van der Waals surface area contributed by atoms with Crippen LogP contribution in [0.25, 0.3) is 0 Å². The van der Waals surface area contributed by atoms with Crippen molar-refractivity contribution >= 4 is 11.6 Å². The van der Waals surface area contributed by atoms with Gasteiger partial charge in [-0.3, -0.25) is 0 Å². The van der Waals surface area contributed by atoms with Gasteiger partial charge < -0.3 is 0 Å². The number of aryl methyl sites for hydroxylation is 1. The molecule has 0 saturated carbocycles. The van der Waals surface area contributed by atoms with Crippen LogP contribution in [0, 0.1) is 5.92 Å². The van der Waals surface area contributed by atoms with Gasteiger partial charge in [-0.25, -0.2) is 0 Å². The average Bonchev–Trinajstić information content (AvgIpc) is 2.08. The van der Waals surface area contributed by atoms with Crippen molar-refractivity contribution < 1.29 is 0 Å². The van der Waals surface area contributed by atoms with E-state index in [1.165, 1.54) is 17.0 Å². The van der Waals surface area contributed by atoms with Crippen molar-refractivity contribution in [3.63, 3.8) is 0 Å². The maximum absolute atomic E-state index is 6.26. The molecule has 0 aromatic heterocycles. The standard InChI is InChI=1S/C12H16Cl/c1-4-6-10-7-5-8-11(9(2)3)12(10)13/h5,7-8H,4,6H2,1-3H3. The van der Waals surface area contributed by atoms with Crippen molar-refractivity contribution in [3.05, 3.63) is 40.3 Å². The Labute approximate surface area is 85.9 Å². The van der Waals surface area contributed by atoms with E-state index in [1.54, 1.807) is 0 Å². The molecule has 0 aliphatic carbocycles. The second-order valence-electron chi connectivity index (χ2n) is 3.53. The summed E-state index contributed by atoms with van der Waals surface area (Å²) in [6.07, 6.45) is 2.21. The quantitative estimate of drug-likeness (QED) is 0.677. The molecule has 0 nitrogen and oxygen atoms in total. The van der Waals surface area contributed by atoms with Gasteiger partial charge in [0, 0.05) is 10.9 Å². The van der Waals surface area contributed by atoms with Gasteiger partial charge in [-0.15, -0.1) is 0 Å². The normalized spacial score (nSPS) is 10.8. The molecule has 0 aliphatic heterocycles. The Morgan fingerprint density at radius 1 is 1.31 bits per heavy atom. The van der Waals surface area contributed by atoms with Gasteiger partial charge in [0.05, 0.1) is 0 Å². The van der Waals surface area contributed by atoms with E-state index in [-0.39, 0.29) is 0 Å². The van der Waals surface area contributed by atoms with Gasteiger partial charge in [0.25, 0.3) is 0 Å². The second-order valence-corrected chi connectivity index (χ2v) is 3.91. The first-order valence-corrected chi connectivity index (χ1v) is 5.12. The molecule has 0 spiro atoms. The summed E-state index contributed by atoms with van der Waals surface area (Å²) in [7, 11) is 0. The van der Waals surface area contributed by atoms with Crippen LogP contribution in [0.4, 0.5) is 0 Å².